The molecular formula is C52H88NO8P. The highest BCUT2D eigenvalue weighted by atomic mass is 31.2. The molecular weight excluding hydrogens is 798 g/mol. The number of ether oxygens (including phenoxy) is 2. The number of phosphoric ester groups is 1. The predicted octanol–water partition coefficient (Wildman–Crippen LogP) is 14.6. The second-order valence-electron chi connectivity index (χ2n) is 15.6. The average Bonchev–Trinajstić information content (AvgIpc) is 3.26. The van der Waals surface area contributed by atoms with E-state index in [1.807, 2.05) is 0 Å². The van der Waals surface area contributed by atoms with Crippen LogP contribution in [0.1, 0.15) is 187 Å². The van der Waals surface area contributed by atoms with Crippen LogP contribution in [0.4, 0.5) is 0 Å². The van der Waals surface area contributed by atoms with E-state index in [9.17, 15) is 19.0 Å². The first-order valence-electron chi connectivity index (χ1n) is 24.2. The van der Waals surface area contributed by atoms with Gasteiger partial charge in [-0.2, -0.15) is 0 Å². The maximum atomic E-state index is 12.6. The summed E-state index contributed by atoms with van der Waals surface area (Å²) >= 11 is 0. The first-order valence-corrected chi connectivity index (χ1v) is 25.7. The summed E-state index contributed by atoms with van der Waals surface area (Å²) in [6, 6.07) is 0. The topological polar surface area (TPSA) is 134 Å². The van der Waals surface area contributed by atoms with Gasteiger partial charge in [0.1, 0.15) is 6.61 Å². The molecule has 0 aliphatic heterocycles. The van der Waals surface area contributed by atoms with Crippen LogP contribution >= 0.6 is 7.82 Å². The third-order valence-corrected chi connectivity index (χ3v) is 10.7. The lowest BCUT2D eigenvalue weighted by molar-refractivity contribution is -0.161. The number of allylic oxidation sites excluding steroid dienone is 16. The predicted molar refractivity (Wildman–Crippen MR) is 261 cm³/mol. The lowest BCUT2D eigenvalue weighted by Gasteiger charge is -2.19. The number of unbranched alkanes of at least 4 members (excludes halogenated alkanes) is 15. The monoisotopic (exact) mass is 886 g/mol. The summed E-state index contributed by atoms with van der Waals surface area (Å²) in [7, 11) is -4.40. The van der Waals surface area contributed by atoms with E-state index >= 15 is 0 Å². The van der Waals surface area contributed by atoms with Crippen molar-refractivity contribution in [1.82, 2.24) is 0 Å². The molecule has 0 aromatic heterocycles. The van der Waals surface area contributed by atoms with Gasteiger partial charge in [-0.25, -0.2) is 4.57 Å². The molecule has 9 nitrogen and oxygen atoms in total. The zero-order valence-electron chi connectivity index (χ0n) is 39.1. The first-order chi connectivity index (χ1) is 30.3. The Morgan fingerprint density at radius 1 is 0.500 bits per heavy atom. The van der Waals surface area contributed by atoms with E-state index in [0.29, 0.717) is 12.8 Å². The van der Waals surface area contributed by atoms with Gasteiger partial charge in [0.05, 0.1) is 13.2 Å². The van der Waals surface area contributed by atoms with Crippen LogP contribution in [0.5, 0.6) is 0 Å². The fourth-order valence-corrected chi connectivity index (χ4v) is 6.90. The number of nitrogens with two attached hydrogens (primary N) is 1. The fourth-order valence-electron chi connectivity index (χ4n) is 6.14. The molecule has 0 bridgehead atoms. The van der Waals surface area contributed by atoms with Crippen molar-refractivity contribution in [2.45, 2.75) is 193 Å². The molecule has 0 saturated carbocycles. The fraction of sp³-hybridized carbons (Fsp3) is 0.654. The third kappa shape index (κ3) is 46.4. The third-order valence-electron chi connectivity index (χ3n) is 9.70. The van der Waals surface area contributed by atoms with Crippen molar-refractivity contribution >= 4 is 19.8 Å². The Kier molecular flexibility index (Phi) is 45.1. The number of carbonyl (C=O) groups excluding carboxylic acids is 2. The first kappa shape index (κ1) is 58.9. The normalized spacial score (nSPS) is 14.1. The summed E-state index contributed by atoms with van der Waals surface area (Å²) < 4.78 is 32.8. The molecule has 0 heterocycles. The summed E-state index contributed by atoms with van der Waals surface area (Å²) in [6.45, 7) is 3.56. The molecule has 0 aromatic carbocycles. The summed E-state index contributed by atoms with van der Waals surface area (Å²) in [5.74, 6) is -0.869. The molecule has 10 heteroatoms. The zero-order valence-corrected chi connectivity index (χ0v) is 40.0. The summed E-state index contributed by atoms with van der Waals surface area (Å²) in [5.41, 5.74) is 5.36. The molecule has 62 heavy (non-hydrogen) atoms. The number of carbonyl (C=O) groups is 2. The summed E-state index contributed by atoms with van der Waals surface area (Å²) in [4.78, 5) is 35.0. The van der Waals surface area contributed by atoms with Gasteiger partial charge in [0, 0.05) is 19.4 Å². The van der Waals surface area contributed by atoms with E-state index in [-0.39, 0.29) is 32.6 Å². The van der Waals surface area contributed by atoms with Crippen molar-refractivity contribution < 1.29 is 37.6 Å². The van der Waals surface area contributed by atoms with Crippen molar-refractivity contribution in [3.8, 4) is 0 Å². The van der Waals surface area contributed by atoms with Crippen molar-refractivity contribution in [1.29, 1.82) is 0 Å². The number of phosphoric acid groups is 1. The smallest absolute Gasteiger partial charge is 0.462 e. The molecule has 2 atom stereocenters. The molecule has 0 aliphatic carbocycles. The maximum Gasteiger partial charge on any atom is 0.472 e. The van der Waals surface area contributed by atoms with Crippen LogP contribution in [0.15, 0.2) is 97.2 Å². The van der Waals surface area contributed by atoms with Crippen molar-refractivity contribution in [2.24, 2.45) is 5.73 Å². The number of esters is 2. The van der Waals surface area contributed by atoms with Crippen molar-refractivity contribution in [3.63, 3.8) is 0 Å². The Morgan fingerprint density at radius 2 is 0.887 bits per heavy atom. The van der Waals surface area contributed by atoms with Crippen LogP contribution in [0.25, 0.3) is 0 Å². The molecule has 0 aliphatic rings. The summed E-state index contributed by atoms with van der Waals surface area (Å²) in [5, 5.41) is 0. The zero-order chi connectivity index (χ0) is 45.3. The minimum atomic E-state index is -4.40. The second kappa shape index (κ2) is 47.4. The molecule has 2 unspecified atom stereocenters. The van der Waals surface area contributed by atoms with Gasteiger partial charge < -0.3 is 20.1 Å². The Hall–Kier alpha value is -3.07. The average molecular weight is 886 g/mol. The van der Waals surface area contributed by atoms with E-state index in [4.69, 9.17) is 24.3 Å². The molecule has 0 fully saturated rings. The van der Waals surface area contributed by atoms with Crippen LogP contribution in [0.3, 0.4) is 0 Å². The second-order valence-corrected chi connectivity index (χ2v) is 17.0. The Labute approximate surface area is 378 Å². The standard InChI is InChI=1S/C52H88NO8P/c1-3-5-7-9-11-13-15-17-19-21-22-23-24-25-26-27-28-29-31-33-35-37-39-41-43-45-52(55)61-50(49-60-62(56,57)59-47-46-53)48-58-51(54)44-42-40-38-36-34-32-30-20-18-16-14-12-10-8-6-4-2/h5,7,11,13-14,16-17,19-20,22-23,25-26,28-30,50H,3-4,6,8-10,12,15,18,21,24,27,31-49,53H2,1-2H3,(H,56,57)/b7-5-,13-11-,16-14-,19-17-,23-22-,26-25-,29-28-,30-20-. The highest BCUT2D eigenvalue weighted by Gasteiger charge is 2.26. The molecule has 0 spiro atoms. The number of hydrogen-bond acceptors (Lipinski definition) is 8. The Morgan fingerprint density at radius 3 is 1.32 bits per heavy atom. The molecule has 0 aromatic rings. The van der Waals surface area contributed by atoms with Crippen LogP contribution < -0.4 is 5.73 Å². The maximum absolute atomic E-state index is 12.6. The van der Waals surface area contributed by atoms with Crippen molar-refractivity contribution in [3.05, 3.63) is 97.2 Å². The van der Waals surface area contributed by atoms with Gasteiger partial charge >= 0.3 is 19.8 Å². The van der Waals surface area contributed by atoms with E-state index < -0.39 is 32.5 Å². The lowest BCUT2D eigenvalue weighted by Crippen LogP contribution is -2.29. The highest BCUT2D eigenvalue weighted by Crippen LogP contribution is 2.43. The Balaban J connectivity index is 4.17. The Bertz CT molecular complexity index is 1330. The molecule has 354 valence electrons. The minimum Gasteiger partial charge on any atom is -0.462 e. The molecule has 3 N–H and O–H groups in total. The van der Waals surface area contributed by atoms with Crippen molar-refractivity contribution in [2.75, 3.05) is 26.4 Å². The highest BCUT2D eigenvalue weighted by molar-refractivity contribution is 7.47. The van der Waals surface area contributed by atoms with E-state index in [2.05, 4.69) is 111 Å². The van der Waals surface area contributed by atoms with Gasteiger partial charge in [0.25, 0.3) is 0 Å². The van der Waals surface area contributed by atoms with E-state index in [0.717, 1.165) is 116 Å². The molecule has 0 amide bonds. The van der Waals surface area contributed by atoms with Crippen LogP contribution in [0.2, 0.25) is 0 Å². The van der Waals surface area contributed by atoms with Gasteiger partial charge in [0.2, 0.25) is 0 Å². The quantitative estimate of drug-likeness (QED) is 0.0265. The van der Waals surface area contributed by atoms with Gasteiger partial charge in [0.15, 0.2) is 6.10 Å². The van der Waals surface area contributed by atoms with Crippen LogP contribution in [0, 0.1) is 0 Å². The SMILES string of the molecule is CC/C=C\C/C=C\C/C=C\C/C=C\C/C=C\C/C=C\CCCCCCCCC(=O)OC(COC(=O)CCCCCCC/C=C\C/C=C\CCCCCC)COP(=O)(O)OCCN. The number of rotatable bonds is 44. The van der Waals surface area contributed by atoms with E-state index in [1.54, 1.807) is 0 Å². The molecule has 0 saturated heterocycles. The van der Waals surface area contributed by atoms with Crippen LogP contribution in [-0.4, -0.2) is 49.3 Å². The van der Waals surface area contributed by atoms with Gasteiger partial charge in [-0.3, -0.25) is 18.6 Å². The van der Waals surface area contributed by atoms with Crippen LogP contribution in [-0.2, 0) is 32.7 Å². The summed E-state index contributed by atoms with van der Waals surface area (Å²) in [6.07, 6.45) is 61.5. The van der Waals surface area contributed by atoms with Gasteiger partial charge in [-0.15, -0.1) is 0 Å². The molecule has 0 radical (unpaired) electrons. The lowest BCUT2D eigenvalue weighted by atomic mass is 10.1. The molecule has 0 rings (SSSR count). The number of hydrogen-bond donors (Lipinski definition) is 2. The van der Waals surface area contributed by atoms with E-state index in [1.165, 1.54) is 32.1 Å². The minimum absolute atomic E-state index is 0.0433. The largest absolute Gasteiger partial charge is 0.472 e. The van der Waals surface area contributed by atoms with Gasteiger partial charge in [-0.1, -0.05) is 175 Å². The van der Waals surface area contributed by atoms with Gasteiger partial charge in [-0.05, 0) is 96.3 Å².